The van der Waals surface area contributed by atoms with Gasteiger partial charge in [0.05, 0.1) is 21.5 Å². The van der Waals surface area contributed by atoms with Crippen LogP contribution in [0, 0.1) is 0 Å². The smallest absolute Gasteiger partial charge is 0.244 e. The first kappa shape index (κ1) is 27.9. The van der Waals surface area contributed by atoms with Crippen LogP contribution in [0.3, 0.4) is 0 Å². The SMILES string of the molecule is CC[C@@H](C(=O)NC)N(Cc1ccc(Cl)c(Cl)c1)C(=O)CN(c1ccc2c(c1)OCCO2)S(=O)(=O)CC. The van der Waals surface area contributed by atoms with Gasteiger partial charge < -0.3 is 19.7 Å². The Labute approximate surface area is 221 Å². The second kappa shape index (κ2) is 12.0. The maximum absolute atomic E-state index is 13.7. The van der Waals surface area contributed by atoms with Gasteiger partial charge in [0.25, 0.3) is 0 Å². The summed E-state index contributed by atoms with van der Waals surface area (Å²) < 4.78 is 38.3. The highest BCUT2D eigenvalue weighted by atomic mass is 35.5. The third-order valence-corrected chi connectivity index (χ3v) is 8.24. The fourth-order valence-corrected chi connectivity index (χ4v) is 5.20. The normalized spacial score (nSPS) is 13.6. The van der Waals surface area contributed by atoms with E-state index in [9.17, 15) is 18.0 Å². The first-order valence-corrected chi connectivity index (χ1v) is 13.8. The van der Waals surface area contributed by atoms with Crippen molar-refractivity contribution in [2.45, 2.75) is 32.9 Å². The van der Waals surface area contributed by atoms with Gasteiger partial charge in [-0.1, -0.05) is 36.2 Å². The summed E-state index contributed by atoms with van der Waals surface area (Å²) in [6, 6.07) is 8.80. The minimum Gasteiger partial charge on any atom is -0.486 e. The van der Waals surface area contributed by atoms with E-state index >= 15 is 0 Å². The second-order valence-corrected chi connectivity index (χ2v) is 11.0. The summed E-state index contributed by atoms with van der Waals surface area (Å²) >= 11 is 12.2. The van der Waals surface area contributed by atoms with Gasteiger partial charge in [0, 0.05) is 19.7 Å². The molecule has 9 nitrogen and oxygen atoms in total. The first-order valence-electron chi connectivity index (χ1n) is 11.5. The number of anilines is 1. The van der Waals surface area contributed by atoms with Crippen molar-refractivity contribution in [3.05, 3.63) is 52.0 Å². The Bertz CT molecular complexity index is 1220. The Balaban J connectivity index is 1.98. The number of sulfonamides is 1. The summed E-state index contributed by atoms with van der Waals surface area (Å²) in [5, 5.41) is 3.24. The number of halogens is 2. The number of hydrogen-bond donors (Lipinski definition) is 1. The highest BCUT2D eigenvalue weighted by Crippen LogP contribution is 2.35. The third-order valence-electron chi connectivity index (χ3n) is 5.76. The molecule has 12 heteroatoms. The Morgan fingerprint density at radius 1 is 1.03 bits per heavy atom. The summed E-state index contributed by atoms with van der Waals surface area (Å²) in [6.07, 6.45) is 0.317. The van der Waals surface area contributed by atoms with Crippen LogP contribution in [0.5, 0.6) is 11.5 Å². The molecule has 196 valence electrons. The van der Waals surface area contributed by atoms with Crippen LogP contribution < -0.4 is 19.1 Å². The van der Waals surface area contributed by atoms with E-state index in [4.69, 9.17) is 32.7 Å². The molecule has 2 amide bonds. The summed E-state index contributed by atoms with van der Waals surface area (Å²) in [6.45, 7) is 3.52. The van der Waals surface area contributed by atoms with Crippen molar-refractivity contribution < 1.29 is 27.5 Å². The largest absolute Gasteiger partial charge is 0.486 e. The lowest BCUT2D eigenvalue weighted by Crippen LogP contribution is -2.52. The van der Waals surface area contributed by atoms with Gasteiger partial charge in [0.2, 0.25) is 21.8 Å². The number of rotatable bonds is 10. The highest BCUT2D eigenvalue weighted by molar-refractivity contribution is 7.92. The van der Waals surface area contributed by atoms with Gasteiger partial charge in [-0.3, -0.25) is 13.9 Å². The zero-order valence-corrected chi connectivity index (χ0v) is 22.6. The molecular weight excluding hydrogens is 529 g/mol. The molecule has 0 aromatic heterocycles. The lowest BCUT2D eigenvalue weighted by Gasteiger charge is -2.33. The van der Waals surface area contributed by atoms with E-state index < -0.39 is 28.5 Å². The van der Waals surface area contributed by atoms with Crippen LogP contribution in [-0.2, 0) is 26.2 Å². The molecule has 1 N–H and O–H groups in total. The highest BCUT2D eigenvalue weighted by Gasteiger charge is 2.32. The van der Waals surface area contributed by atoms with E-state index in [2.05, 4.69) is 5.32 Å². The number of likely N-dealkylation sites (N-methyl/N-ethyl adjacent to an activating group) is 1. The number of ether oxygens (including phenoxy) is 2. The van der Waals surface area contributed by atoms with E-state index in [1.54, 1.807) is 37.3 Å². The molecule has 0 spiro atoms. The fourth-order valence-electron chi connectivity index (χ4n) is 3.83. The number of nitrogens with one attached hydrogen (secondary N) is 1. The number of benzene rings is 2. The first-order chi connectivity index (χ1) is 17.1. The maximum atomic E-state index is 13.7. The van der Waals surface area contributed by atoms with Crippen molar-refractivity contribution in [3.8, 4) is 11.5 Å². The molecule has 1 aliphatic heterocycles. The zero-order valence-electron chi connectivity index (χ0n) is 20.3. The standard InChI is InChI=1S/C24H29Cl2N3O6S/c1-4-20(24(31)27-3)28(14-16-6-8-18(25)19(26)12-16)23(30)15-29(36(32,33)5-2)17-7-9-21-22(13-17)35-11-10-34-21/h6-9,12-13,20H,4-5,10-11,14-15H2,1-3H3,(H,27,31)/t20-/m0/s1. The molecule has 1 heterocycles. The lowest BCUT2D eigenvalue weighted by molar-refractivity contribution is -0.140. The van der Waals surface area contributed by atoms with Crippen LogP contribution in [0.25, 0.3) is 0 Å². The molecule has 2 aromatic rings. The van der Waals surface area contributed by atoms with Crippen molar-refractivity contribution in [2.75, 3.05) is 36.9 Å². The van der Waals surface area contributed by atoms with Gasteiger partial charge >= 0.3 is 0 Å². The van der Waals surface area contributed by atoms with Crippen LogP contribution in [-0.4, -0.2) is 63.7 Å². The number of nitrogens with zero attached hydrogens (tertiary/aromatic N) is 2. The quantitative estimate of drug-likeness (QED) is 0.479. The molecule has 1 aliphatic rings. The van der Waals surface area contributed by atoms with Gasteiger partial charge in [-0.15, -0.1) is 0 Å². The van der Waals surface area contributed by atoms with E-state index in [-0.39, 0.29) is 23.9 Å². The van der Waals surface area contributed by atoms with Crippen LogP contribution >= 0.6 is 23.2 Å². The predicted octanol–water partition coefficient (Wildman–Crippen LogP) is 3.47. The fraction of sp³-hybridized carbons (Fsp3) is 0.417. The van der Waals surface area contributed by atoms with Gasteiger partial charge in [0.1, 0.15) is 25.8 Å². The lowest BCUT2D eigenvalue weighted by atomic mass is 10.1. The Kier molecular flexibility index (Phi) is 9.32. The van der Waals surface area contributed by atoms with Crippen molar-refractivity contribution in [1.29, 1.82) is 0 Å². The summed E-state index contributed by atoms with van der Waals surface area (Å²) in [5.41, 5.74) is 0.904. The van der Waals surface area contributed by atoms with Crippen LogP contribution in [0.2, 0.25) is 10.0 Å². The molecule has 0 bridgehead atoms. The predicted molar refractivity (Wildman–Crippen MR) is 139 cm³/mol. The van der Waals surface area contributed by atoms with Crippen molar-refractivity contribution >= 4 is 50.7 Å². The van der Waals surface area contributed by atoms with Crippen molar-refractivity contribution in [2.24, 2.45) is 0 Å². The zero-order chi connectivity index (χ0) is 26.5. The van der Waals surface area contributed by atoms with E-state index in [1.165, 1.54) is 24.9 Å². The van der Waals surface area contributed by atoms with Gasteiger partial charge in [-0.2, -0.15) is 0 Å². The molecule has 0 unspecified atom stereocenters. The molecular formula is C24H29Cl2N3O6S. The van der Waals surface area contributed by atoms with Gasteiger partial charge in [-0.25, -0.2) is 8.42 Å². The average Bonchev–Trinajstić information content (AvgIpc) is 2.88. The average molecular weight is 558 g/mol. The summed E-state index contributed by atoms with van der Waals surface area (Å²) in [5.74, 6) is -0.253. The number of carbonyl (C=O) groups excluding carboxylic acids is 2. The number of amides is 2. The summed E-state index contributed by atoms with van der Waals surface area (Å²) in [7, 11) is -2.38. The molecule has 0 fully saturated rings. The van der Waals surface area contributed by atoms with Crippen molar-refractivity contribution in [3.63, 3.8) is 0 Å². The molecule has 1 atom stereocenters. The number of carbonyl (C=O) groups is 2. The number of hydrogen-bond acceptors (Lipinski definition) is 6. The number of fused-ring (bicyclic) bond motifs is 1. The Hall–Kier alpha value is -2.69. The maximum Gasteiger partial charge on any atom is 0.244 e. The topological polar surface area (TPSA) is 105 Å². The second-order valence-electron chi connectivity index (χ2n) is 8.04. The van der Waals surface area contributed by atoms with E-state index in [1.807, 2.05) is 0 Å². The van der Waals surface area contributed by atoms with Crippen LogP contribution in [0.1, 0.15) is 25.8 Å². The molecule has 0 saturated carbocycles. The van der Waals surface area contributed by atoms with Crippen molar-refractivity contribution in [1.82, 2.24) is 10.2 Å². The summed E-state index contributed by atoms with van der Waals surface area (Å²) in [4.78, 5) is 27.7. The Morgan fingerprint density at radius 3 is 2.33 bits per heavy atom. The molecule has 0 radical (unpaired) electrons. The molecule has 0 aliphatic carbocycles. The van der Waals surface area contributed by atoms with E-state index in [0.29, 0.717) is 46.7 Å². The molecule has 3 rings (SSSR count). The molecule has 0 saturated heterocycles. The minimum absolute atomic E-state index is 0.0306. The Morgan fingerprint density at radius 2 is 1.72 bits per heavy atom. The van der Waals surface area contributed by atoms with Gasteiger partial charge in [0.15, 0.2) is 11.5 Å². The minimum atomic E-state index is -3.86. The monoisotopic (exact) mass is 557 g/mol. The van der Waals surface area contributed by atoms with E-state index in [0.717, 1.165) is 4.31 Å². The van der Waals surface area contributed by atoms with Crippen LogP contribution in [0.15, 0.2) is 36.4 Å². The van der Waals surface area contributed by atoms with Gasteiger partial charge in [-0.05, 0) is 43.2 Å². The third kappa shape index (κ3) is 6.35. The molecule has 36 heavy (non-hydrogen) atoms. The van der Waals surface area contributed by atoms with Crippen LogP contribution in [0.4, 0.5) is 5.69 Å². The molecule has 2 aromatic carbocycles.